The van der Waals surface area contributed by atoms with Crippen LogP contribution in [0.4, 0.5) is 0 Å². The molecule has 2 rings (SSSR count). The topological polar surface area (TPSA) is 94.3 Å². The molecule has 0 aliphatic carbocycles. The van der Waals surface area contributed by atoms with Crippen LogP contribution in [0.2, 0.25) is 5.02 Å². The van der Waals surface area contributed by atoms with Gasteiger partial charge in [-0.3, -0.25) is 4.79 Å². The fourth-order valence-electron chi connectivity index (χ4n) is 2.37. The zero-order valence-electron chi connectivity index (χ0n) is 15.2. The molecule has 0 bridgehead atoms. The lowest BCUT2D eigenvalue weighted by atomic mass is 10.2. The lowest BCUT2D eigenvalue weighted by Gasteiger charge is -2.15. The van der Waals surface area contributed by atoms with Crippen LogP contribution in [0.3, 0.4) is 0 Å². The van der Waals surface area contributed by atoms with E-state index in [0.29, 0.717) is 36.0 Å². The van der Waals surface area contributed by atoms with Gasteiger partial charge in [0.1, 0.15) is 6.04 Å². The Bertz CT molecular complexity index is 751. The summed E-state index contributed by atoms with van der Waals surface area (Å²) in [4.78, 5) is 28.1. The third-order valence-electron chi connectivity index (χ3n) is 3.80. The van der Waals surface area contributed by atoms with Crippen LogP contribution in [0, 0.1) is 0 Å². The Balaban J connectivity index is 1.80. The first-order valence-corrected chi connectivity index (χ1v) is 10.2. The fraction of sp³-hybridized carbons (Fsp3) is 0.444. The molecule has 1 N–H and O–H groups in total. The molecule has 7 nitrogen and oxygen atoms in total. The van der Waals surface area contributed by atoms with Crippen molar-refractivity contribution in [3.8, 4) is 11.4 Å². The number of benzene rings is 1. The number of rotatable bonds is 10. The number of nitrogens with one attached hydrogen (secondary N) is 1. The molecule has 2 aromatic rings. The van der Waals surface area contributed by atoms with E-state index in [0.717, 1.165) is 11.3 Å². The van der Waals surface area contributed by atoms with Gasteiger partial charge >= 0.3 is 5.97 Å². The number of amides is 1. The standard InChI is InChI=1S/C18H22ClN3O4S/c1-25-18(24)14(10-11-27-2)20-15(23)4-3-5-16-21-17(22-26-16)12-6-8-13(19)9-7-12/h6-9,14H,3-5,10-11H2,1-2H3,(H,20,23)/t14-/m0/s1. The molecule has 146 valence electrons. The minimum absolute atomic E-state index is 0.205. The number of carbonyl (C=O) groups is 2. The van der Waals surface area contributed by atoms with Crippen LogP contribution in [0.25, 0.3) is 11.4 Å². The summed E-state index contributed by atoms with van der Waals surface area (Å²) in [6, 6.07) is 6.52. The van der Waals surface area contributed by atoms with Gasteiger partial charge in [0.05, 0.1) is 7.11 Å². The van der Waals surface area contributed by atoms with Crippen LogP contribution in [0.15, 0.2) is 28.8 Å². The van der Waals surface area contributed by atoms with Crippen LogP contribution in [-0.2, 0) is 20.7 Å². The normalized spacial score (nSPS) is 11.8. The third kappa shape index (κ3) is 6.88. The van der Waals surface area contributed by atoms with Gasteiger partial charge < -0.3 is 14.6 Å². The minimum Gasteiger partial charge on any atom is -0.467 e. The van der Waals surface area contributed by atoms with Crippen molar-refractivity contribution in [1.29, 1.82) is 0 Å². The van der Waals surface area contributed by atoms with E-state index in [1.54, 1.807) is 23.9 Å². The molecule has 0 fully saturated rings. The van der Waals surface area contributed by atoms with Gasteiger partial charge in [0.15, 0.2) is 0 Å². The highest BCUT2D eigenvalue weighted by molar-refractivity contribution is 7.98. The summed E-state index contributed by atoms with van der Waals surface area (Å²) in [5.74, 6) is 1.06. The molecular formula is C18H22ClN3O4S. The quantitative estimate of drug-likeness (QED) is 0.600. The first-order chi connectivity index (χ1) is 13.0. The van der Waals surface area contributed by atoms with Crippen LogP contribution < -0.4 is 5.32 Å². The first-order valence-electron chi connectivity index (χ1n) is 8.48. The molecule has 0 aliphatic heterocycles. The van der Waals surface area contributed by atoms with E-state index in [2.05, 4.69) is 15.5 Å². The number of hydrogen-bond acceptors (Lipinski definition) is 7. The van der Waals surface area contributed by atoms with Crippen molar-refractivity contribution in [1.82, 2.24) is 15.5 Å². The van der Waals surface area contributed by atoms with Crippen LogP contribution >= 0.6 is 23.4 Å². The Morgan fingerprint density at radius 3 is 2.74 bits per heavy atom. The molecule has 0 radical (unpaired) electrons. The van der Waals surface area contributed by atoms with Crippen molar-refractivity contribution >= 4 is 35.2 Å². The zero-order chi connectivity index (χ0) is 19.6. The average molecular weight is 412 g/mol. The summed E-state index contributed by atoms with van der Waals surface area (Å²) in [6.07, 6.45) is 3.74. The Hall–Kier alpha value is -2.06. The maximum Gasteiger partial charge on any atom is 0.328 e. The number of methoxy groups -OCH3 is 1. The summed E-state index contributed by atoms with van der Waals surface area (Å²) < 4.78 is 9.95. The number of aromatic nitrogens is 2. The van der Waals surface area contributed by atoms with Gasteiger partial charge in [-0.05, 0) is 49.1 Å². The lowest BCUT2D eigenvalue weighted by molar-refractivity contribution is -0.145. The van der Waals surface area contributed by atoms with E-state index in [9.17, 15) is 9.59 Å². The summed E-state index contributed by atoms with van der Waals surface area (Å²) in [6.45, 7) is 0. The average Bonchev–Trinajstić information content (AvgIpc) is 3.14. The van der Waals surface area contributed by atoms with E-state index in [1.165, 1.54) is 7.11 Å². The van der Waals surface area contributed by atoms with E-state index in [4.69, 9.17) is 20.9 Å². The highest BCUT2D eigenvalue weighted by Gasteiger charge is 2.20. The number of thioether (sulfide) groups is 1. The largest absolute Gasteiger partial charge is 0.467 e. The number of nitrogens with zero attached hydrogens (tertiary/aromatic N) is 2. The molecule has 27 heavy (non-hydrogen) atoms. The second kappa shape index (κ2) is 10.9. The van der Waals surface area contributed by atoms with Crippen molar-refractivity contribution in [3.63, 3.8) is 0 Å². The second-order valence-corrected chi connectivity index (χ2v) is 7.22. The monoisotopic (exact) mass is 411 g/mol. The number of esters is 1. The van der Waals surface area contributed by atoms with Gasteiger partial charge in [-0.15, -0.1) is 0 Å². The lowest BCUT2D eigenvalue weighted by Crippen LogP contribution is -2.41. The highest BCUT2D eigenvalue weighted by Crippen LogP contribution is 2.19. The molecule has 0 saturated carbocycles. The van der Waals surface area contributed by atoms with Crippen molar-refractivity contribution in [3.05, 3.63) is 35.2 Å². The molecule has 1 atom stereocenters. The van der Waals surface area contributed by atoms with Crippen LogP contribution in [0.1, 0.15) is 25.2 Å². The SMILES string of the molecule is COC(=O)[C@H](CCSC)NC(=O)CCCc1nc(-c2ccc(Cl)cc2)no1. The smallest absolute Gasteiger partial charge is 0.328 e. The van der Waals surface area contributed by atoms with Gasteiger partial charge in [0.2, 0.25) is 17.6 Å². The maximum atomic E-state index is 12.1. The predicted octanol–water partition coefficient (Wildman–Crippen LogP) is 3.12. The first kappa shape index (κ1) is 21.2. The number of halogens is 1. The van der Waals surface area contributed by atoms with Crippen LogP contribution in [-0.4, -0.2) is 47.2 Å². The number of hydrogen-bond donors (Lipinski definition) is 1. The molecular weight excluding hydrogens is 390 g/mol. The van der Waals surface area contributed by atoms with E-state index < -0.39 is 12.0 Å². The van der Waals surface area contributed by atoms with Crippen molar-refractivity contribution < 1.29 is 18.8 Å². The molecule has 9 heteroatoms. The number of ether oxygens (including phenoxy) is 1. The summed E-state index contributed by atoms with van der Waals surface area (Å²) in [5.41, 5.74) is 0.807. The molecule has 0 aliphatic rings. The van der Waals surface area contributed by atoms with Crippen molar-refractivity contribution in [2.75, 3.05) is 19.1 Å². The fourth-order valence-corrected chi connectivity index (χ4v) is 2.96. The zero-order valence-corrected chi connectivity index (χ0v) is 16.8. The Kier molecular flexibility index (Phi) is 8.60. The third-order valence-corrected chi connectivity index (χ3v) is 4.69. The van der Waals surface area contributed by atoms with E-state index in [1.807, 2.05) is 18.4 Å². The van der Waals surface area contributed by atoms with Crippen molar-refractivity contribution in [2.24, 2.45) is 0 Å². The Labute approximate surface area is 167 Å². The van der Waals surface area contributed by atoms with Crippen molar-refractivity contribution in [2.45, 2.75) is 31.7 Å². The molecule has 1 amide bonds. The van der Waals surface area contributed by atoms with E-state index >= 15 is 0 Å². The van der Waals surface area contributed by atoms with Gasteiger partial charge in [-0.2, -0.15) is 16.7 Å². The summed E-state index contributed by atoms with van der Waals surface area (Å²) in [5, 5.41) is 7.29. The molecule has 0 unspecified atom stereocenters. The van der Waals surface area contributed by atoms with Gasteiger partial charge in [0, 0.05) is 23.4 Å². The number of aryl methyl sites for hydroxylation is 1. The van der Waals surface area contributed by atoms with Gasteiger partial charge in [-0.1, -0.05) is 16.8 Å². The Morgan fingerprint density at radius 1 is 1.33 bits per heavy atom. The predicted molar refractivity (Wildman–Crippen MR) is 105 cm³/mol. The molecule has 0 saturated heterocycles. The molecule has 1 heterocycles. The van der Waals surface area contributed by atoms with Crippen LogP contribution in [0.5, 0.6) is 0 Å². The van der Waals surface area contributed by atoms with Gasteiger partial charge in [0.25, 0.3) is 0 Å². The summed E-state index contributed by atoms with van der Waals surface area (Å²) >= 11 is 7.47. The second-order valence-electron chi connectivity index (χ2n) is 5.80. The number of carbonyl (C=O) groups excluding carboxylic acids is 2. The maximum absolute atomic E-state index is 12.1. The van der Waals surface area contributed by atoms with E-state index in [-0.39, 0.29) is 12.3 Å². The summed E-state index contributed by atoms with van der Waals surface area (Å²) in [7, 11) is 1.31. The Morgan fingerprint density at radius 2 is 2.07 bits per heavy atom. The molecule has 0 spiro atoms. The van der Waals surface area contributed by atoms with Gasteiger partial charge in [-0.25, -0.2) is 4.79 Å². The highest BCUT2D eigenvalue weighted by atomic mass is 35.5. The molecule has 1 aromatic heterocycles. The molecule has 1 aromatic carbocycles. The minimum atomic E-state index is -0.616.